The Bertz CT molecular complexity index is 1880. The standard InChI is InChI=1S/C43H66FN6O9P/c1-4-5-6-7-8-9-10-11-12-13-14-15-16-17-18-19-22-55-29-41(2,56-27-35-23-34(26-45)24-36(44)25-35)30-58-60(53,54)59-31-42(28-47-3)40(51)43(52,32-57-42)38-21-20-37-39(46)48-33-49-50(37)38/h20-21,23-25,28,33,40,51-52H,4-19,22,27,29-32H2,1-3H3,(H,53,54)(H2,46,48,49)/t40-,41?,42-,43-/m1/s1. The number of nitriles is 1. The molecule has 2 aromatic heterocycles. The second-order valence-corrected chi connectivity index (χ2v) is 17.6. The van der Waals surface area contributed by atoms with E-state index in [1.165, 1.54) is 126 Å². The highest BCUT2D eigenvalue weighted by Crippen LogP contribution is 2.48. The maximum atomic E-state index is 14.2. The van der Waals surface area contributed by atoms with Crippen molar-refractivity contribution in [2.75, 3.05) is 45.8 Å². The number of nitrogen functional groups attached to an aromatic ring is 1. The van der Waals surface area contributed by atoms with Crippen molar-refractivity contribution < 1.29 is 47.3 Å². The van der Waals surface area contributed by atoms with Crippen molar-refractivity contribution >= 4 is 25.4 Å². The van der Waals surface area contributed by atoms with Crippen LogP contribution in [-0.2, 0) is 40.0 Å². The number of nitrogens with zero attached hydrogens (tertiary/aromatic N) is 5. The summed E-state index contributed by atoms with van der Waals surface area (Å²) in [6.07, 6.45) is 20.7. The van der Waals surface area contributed by atoms with Crippen molar-refractivity contribution in [1.82, 2.24) is 14.6 Å². The number of unbranched alkanes of at least 4 members (excludes halogenated alkanes) is 15. The van der Waals surface area contributed by atoms with Crippen LogP contribution in [0.2, 0.25) is 0 Å². The fourth-order valence-electron chi connectivity index (χ4n) is 7.44. The largest absolute Gasteiger partial charge is 0.472 e. The number of aliphatic hydroxyl groups is 2. The van der Waals surface area contributed by atoms with Gasteiger partial charge in [0.05, 0.1) is 50.4 Å². The van der Waals surface area contributed by atoms with E-state index in [-0.39, 0.29) is 30.3 Å². The molecule has 5 N–H and O–H groups in total. The lowest BCUT2D eigenvalue weighted by molar-refractivity contribution is -0.120. The number of aliphatic hydroxyl groups excluding tert-OH is 1. The molecule has 3 aromatic rings. The van der Waals surface area contributed by atoms with Gasteiger partial charge >= 0.3 is 7.82 Å². The number of phosphoric ester groups is 1. The second kappa shape index (κ2) is 24.3. The quantitative estimate of drug-likeness (QED) is 0.0287. The van der Waals surface area contributed by atoms with Crippen LogP contribution in [0.4, 0.5) is 10.2 Å². The van der Waals surface area contributed by atoms with E-state index >= 15 is 0 Å². The molecule has 4 rings (SSSR count). The number of aromatic nitrogens is 3. The average molecular weight is 861 g/mol. The zero-order chi connectivity index (χ0) is 43.5. The maximum absolute atomic E-state index is 14.2. The third-order valence-corrected chi connectivity index (χ3v) is 11.9. The van der Waals surface area contributed by atoms with Gasteiger partial charge in [0, 0.05) is 19.9 Å². The fraction of sp³-hybridized carbons (Fsp3) is 0.674. The van der Waals surface area contributed by atoms with Gasteiger partial charge < -0.3 is 35.1 Å². The van der Waals surface area contributed by atoms with Crippen molar-refractivity contribution in [3.63, 3.8) is 0 Å². The minimum Gasteiger partial charge on any atom is -0.386 e. The summed E-state index contributed by atoms with van der Waals surface area (Å²) in [4.78, 5) is 18.8. The maximum Gasteiger partial charge on any atom is 0.472 e. The van der Waals surface area contributed by atoms with E-state index in [1.807, 2.05) is 6.07 Å². The summed E-state index contributed by atoms with van der Waals surface area (Å²) in [5.41, 5.74) is 1.73. The Kier molecular flexibility index (Phi) is 20.0. The third-order valence-electron chi connectivity index (χ3n) is 11.0. The number of nitrogens with two attached hydrogens (primary N) is 1. The highest BCUT2D eigenvalue weighted by Gasteiger charge is 2.60. The number of aliphatic imine (C=N–C) groups is 1. The number of benzene rings is 1. The van der Waals surface area contributed by atoms with Crippen LogP contribution in [0, 0.1) is 17.1 Å². The first-order valence-corrected chi connectivity index (χ1v) is 22.9. The van der Waals surface area contributed by atoms with E-state index in [2.05, 4.69) is 22.0 Å². The van der Waals surface area contributed by atoms with Crippen molar-refractivity contribution in [2.45, 2.75) is 146 Å². The topological polar surface area (TPSA) is 216 Å². The van der Waals surface area contributed by atoms with Crippen molar-refractivity contribution in [3.8, 4) is 6.07 Å². The van der Waals surface area contributed by atoms with Gasteiger partial charge in [0.15, 0.2) is 17.0 Å². The Balaban J connectivity index is 1.26. The van der Waals surface area contributed by atoms with Gasteiger partial charge in [-0.1, -0.05) is 103 Å². The normalized spacial score (nSPS) is 21.4. The molecule has 2 unspecified atom stereocenters. The van der Waals surface area contributed by atoms with Gasteiger partial charge in [-0.05, 0) is 49.2 Å². The van der Waals surface area contributed by atoms with Crippen LogP contribution in [0.5, 0.6) is 0 Å². The van der Waals surface area contributed by atoms with Gasteiger partial charge in [-0.25, -0.2) is 18.5 Å². The minimum atomic E-state index is -4.89. The van der Waals surface area contributed by atoms with E-state index in [4.69, 9.17) is 29.0 Å². The zero-order valence-corrected chi connectivity index (χ0v) is 36.5. The molecule has 0 bridgehead atoms. The number of hydrogen-bond donors (Lipinski definition) is 4. The molecule has 3 heterocycles. The summed E-state index contributed by atoms with van der Waals surface area (Å²) in [6, 6.07) is 8.85. The van der Waals surface area contributed by atoms with Gasteiger partial charge in [-0.2, -0.15) is 10.4 Å². The SMILES string of the molecule is CCCCCCCCCCCCCCCCCCOCC(C)(COP(=O)(O)OC[C@@]1(C=NC)OC[C@@](O)(c2ccc3c(N)ncnn23)[C@@H]1O)OCc1cc(F)cc(C#N)c1. The molecule has 60 heavy (non-hydrogen) atoms. The molecule has 1 saturated heterocycles. The van der Waals surface area contributed by atoms with E-state index < -0.39 is 56.4 Å². The second-order valence-electron chi connectivity index (χ2n) is 16.2. The Hall–Kier alpha value is -3.36. The van der Waals surface area contributed by atoms with E-state index in [0.717, 1.165) is 25.3 Å². The number of halogens is 1. The Morgan fingerprint density at radius 3 is 2.28 bits per heavy atom. The third kappa shape index (κ3) is 14.6. The highest BCUT2D eigenvalue weighted by molar-refractivity contribution is 7.47. The number of hydrogen-bond acceptors (Lipinski definition) is 13. The molecule has 0 saturated carbocycles. The van der Waals surface area contributed by atoms with Crippen LogP contribution in [0.15, 0.2) is 41.7 Å². The number of fused-ring (bicyclic) bond motifs is 1. The van der Waals surface area contributed by atoms with E-state index in [0.29, 0.717) is 17.7 Å². The molecule has 0 amide bonds. The molecule has 15 nitrogen and oxygen atoms in total. The molecule has 1 aromatic carbocycles. The van der Waals surface area contributed by atoms with Crippen LogP contribution in [0.3, 0.4) is 0 Å². The summed E-state index contributed by atoms with van der Waals surface area (Å²) in [6.45, 7) is 2.44. The lowest BCUT2D eigenvalue weighted by atomic mass is 9.86. The molecule has 334 valence electrons. The van der Waals surface area contributed by atoms with E-state index in [9.17, 15) is 29.3 Å². The monoisotopic (exact) mass is 860 g/mol. The van der Waals surface area contributed by atoms with Crippen LogP contribution >= 0.6 is 7.82 Å². The Morgan fingerprint density at radius 1 is 1.03 bits per heavy atom. The molecule has 1 aliphatic heterocycles. The van der Waals surface area contributed by atoms with Gasteiger partial charge in [0.2, 0.25) is 0 Å². The van der Waals surface area contributed by atoms with Crippen molar-refractivity contribution in [3.05, 3.63) is 59.3 Å². The molecule has 0 aliphatic carbocycles. The number of rotatable bonds is 30. The van der Waals surface area contributed by atoms with Crippen LogP contribution < -0.4 is 5.73 Å². The Labute approximate surface area is 354 Å². The zero-order valence-electron chi connectivity index (χ0n) is 35.6. The summed E-state index contributed by atoms with van der Waals surface area (Å²) in [5.74, 6) is -0.449. The smallest absolute Gasteiger partial charge is 0.386 e. The minimum absolute atomic E-state index is 0.0349. The van der Waals surface area contributed by atoms with Crippen molar-refractivity contribution in [2.24, 2.45) is 4.99 Å². The molecule has 17 heteroatoms. The number of anilines is 1. The van der Waals surface area contributed by atoms with Crippen molar-refractivity contribution in [1.29, 1.82) is 5.26 Å². The summed E-state index contributed by atoms with van der Waals surface area (Å²) < 4.78 is 57.7. The van der Waals surface area contributed by atoms with Gasteiger partial charge in [0.1, 0.15) is 29.4 Å². The molecule has 5 atom stereocenters. The first-order chi connectivity index (χ1) is 28.8. The molecule has 0 spiro atoms. The number of ether oxygens (including phenoxy) is 3. The molecular formula is C43H66FN6O9P. The predicted octanol–water partition coefficient (Wildman–Crippen LogP) is 7.73. The first kappa shape index (κ1) is 49.3. The van der Waals surface area contributed by atoms with Gasteiger partial charge in [-0.15, -0.1) is 0 Å². The summed E-state index contributed by atoms with van der Waals surface area (Å²) in [5, 5.41) is 36.7. The van der Waals surface area contributed by atoms with Crippen LogP contribution in [-0.4, -0.2) is 93.3 Å². The summed E-state index contributed by atoms with van der Waals surface area (Å²) >= 11 is 0. The van der Waals surface area contributed by atoms with Gasteiger partial charge in [-0.3, -0.25) is 14.0 Å². The average Bonchev–Trinajstić information content (AvgIpc) is 3.78. The molecule has 0 radical (unpaired) electrons. The van der Waals surface area contributed by atoms with E-state index in [1.54, 1.807) is 13.0 Å². The highest BCUT2D eigenvalue weighted by atomic mass is 31.2. The summed E-state index contributed by atoms with van der Waals surface area (Å²) in [7, 11) is -3.48. The van der Waals surface area contributed by atoms with Gasteiger partial charge in [0.25, 0.3) is 0 Å². The molecular weight excluding hydrogens is 794 g/mol. The molecule has 1 aliphatic rings. The van der Waals surface area contributed by atoms with Crippen LogP contribution in [0.25, 0.3) is 5.52 Å². The fourth-order valence-corrected chi connectivity index (χ4v) is 8.32. The van der Waals surface area contributed by atoms with Crippen LogP contribution in [0.1, 0.15) is 133 Å². The number of phosphoric acid groups is 1. The Morgan fingerprint density at radius 2 is 1.67 bits per heavy atom. The predicted molar refractivity (Wildman–Crippen MR) is 227 cm³/mol. The first-order valence-electron chi connectivity index (χ1n) is 21.4. The molecule has 1 fully saturated rings. The lowest BCUT2D eigenvalue weighted by Gasteiger charge is -2.33. The lowest BCUT2D eigenvalue weighted by Crippen LogP contribution is -2.52.